The topological polar surface area (TPSA) is 54.0 Å². The quantitative estimate of drug-likeness (QED) is 0.608. The summed E-state index contributed by atoms with van der Waals surface area (Å²) in [5.74, 6) is 0.222. The number of hydrogen-bond acceptors (Lipinski definition) is 3. The predicted octanol–water partition coefficient (Wildman–Crippen LogP) is 4.02. The van der Waals surface area contributed by atoms with Crippen LogP contribution in [-0.4, -0.2) is 16.0 Å². The van der Waals surface area contributed by atoms with Crippen LogP contribution in [0.25, 0.3) is 6.08 Å². The fraction of sp³-hybridized carbons (Fsp3) is 0. The highest BCUT2D eigenvalue weighted by Gasteiger charge is 2.02. The molecule has 2 N–H and O–H groups in total. The Hall–Kier alpha value is -1.76. The maximum absolute atomic E-state index is 11.8. The number of pyridine rings is 1. The number of benzene rings is 1. The number of nitrogens with one attached hydrogen (secondary N) is 2. The van der Waals surface area contributed by atoms with Crippen molar-refractivity contribution in [1.29, 1.82) is 0 Å². The van der Waals surface area contributed by atoms with Gasteiger partial charge < -0.3 is 5.32 Å². The third kappa shape index (κ3) is 5.55. The fourth-order valence-corrected chi connectivity index (χ4v) is 2.06. The number of aromatic nitrogens is 1. The third-order valence-electron chi connectivity index (χ3n) is 2.50. The van der Waals surface area contributed by atoms with Gasteiger partial charge in [-0.1, -0.05) is 23.7 Å². The van der Waals surface area contributed by atoms with Crippen molar-refractivity contribution in [3.63, 3.8) is 0 Å². The monoisotopic (exact) mass is 395 g/mol. The first-order valence-electron chi connectivity index (χ1n) is 6.20. The van der Waals surface area contributed by atoms with E-state index >= 15 is 0 Å². The largest absolute Gasteiger partial charge is 0.317 e. The van der Waals surface area contributed by atoms with Crippen molar-refractivity contribution in [3.05, 3.63) is 63.7 Å². The summed E-state index contributed by atoms with van der Waals surface area (Å²) in [5.41, 5.74) is 0.869. The van der Waals surface area contributed by atoms with Crippen LogP contribution >= 0.6 is 39.7 Å². The molecule has 0 aliphatic rings. The van der Waals surface area contributed by atoms with Gasteiger partial charge in [0.1, 0.15) is 5.82 Å². The van der Waals surface area contributed by atoms with E-state index in [-0.39, 0.29) is 11.0 Å². The van der Waals surface area contributed by atoms with E-state index < -0.39 is 0 Å². The lowest BCUT2D eigenvalue weighted by Gasteiger charge is -2.07. The van der Waals surface area contributed by atoms with Crippen LogP contribution in [-0.2, 0) is 4.79 Å². The Morgan fingerprint density at radius 1 is 1.23 bits per heavy atom. The third-order valence-corrected chi connectivity index (χ3v) is 3.43. The molecule has 0 unspecified atom stereocenters. The average molecular weight is 397 g/mol. The molecule has 1 heterocycles. The van der Waals surface area contributed by atoms with E-state index in [4.69, 9.17) is 23.8 Å². The van der Waals surface area contributed by atoms with Crippen molar-refractivity contribution in [3.8, 4) is 0 Å². The number of carbonyl (C=O) groups is 1. The molecule has 2 aromatic rings. The maximum atomic E-state index is 11.8. The molecular formula is C15H11BrClN3OS. The van der Waals surface area contributed by atoms with Gasteiger partial charge in [0.05, 0.1) is 0 Å². The van der Waals surface area contributed by atoms with Crippen LogP contribution in [0, 0.1) is 0 Å². The Balaban J connectivity index is 1.87. The fourth-order valence-electron chi connectivity index (χ4n) is 1.50. The van der Waals surface area contributed by atoms with Gasteiger partial charge in [-0.2, -0.15) is 0 Å². The van der Waals surface area contributed by atoms with Gasteiger partial charge in [-0.25, -0.2) is 4.98 Å². The number of anilines is 1. The Morgan fingerprint density at radius 3 is 2.59 bits per heavy atom. The van der Waals surface area contributed by atoms with Crippen molar-refractivity contribution in [1.82, 2.24) is 10.3 Å². The summed E-state index contributed by atoms with van der Waals surface area (Å²) in [6, 6.07) is 10.7. The lowest BCUT2D eigenvalue weighted by atomic mass is 10.2. The molecule has 0 aliphatic carbocycles. The summed E-state index contributed by atoms with van der Waals surface area (Å²) >= 11 is 14.1. The standard InChI is InChI=1S/C15H11BrClN3OS/c16-11-4-7-13(18-9-11)19-15(22)20-14(21)8-3-10-1-5-12(17)6-2-10/h1-9H,(H2,18,19,20,21,22). The Bertz CT molecular complexity index is 702. The van der Waals surface area contributed by atoms with Gasteiger partial charge in [0.2, 0.25) is 5.91 Å². The van der Waals surface area contributed by atoms with Crippen molar-refractivity contribution in [2.24, 2.45) is 0 Å². The number of thiocarbonyl (C=S) groups is 1. The van der Waals surface area contributed by atoms with Crippen molar-refractivity contribution in [2.75, 3.05) is 5.32 Å². The number of carbonyl (C=O) groups excluding carboxylic acids is 1. The highest BCUT2D eigenvalue weighted by atomic mass is 79.9. The number of rotatable bonds is 3. The van der Waals surface area contributed by atoms with Gasteiger partial charge >= 0.3 is 0 Å². The molecule has 0 radical (unpaired) electrons. The second kappa shape index (κ2) is 8.03. The van der Waals surface area contributed by atoms with E-state index in [1.165, 1.54) is 6.08 Å². The molecule has 0 saturated carbocycles. The first-order valence-corrected chi connectivity index (χ1v) is 7.78. The van der Waals surface area contributed by atoms with E-state index in [1.807, 2.05) is 18.2 Å². The molecule has 4 nitrogen and oxygen atoms in total. The molecule has 1 aromatic heterocycles. The van der Waals surface area contributed by atoms with E-state index in [2.05, 4.69) is 31.5 Å². The summed E-state index contributed by atoms with van der Waals surface area (Å²) in [6.07, 6.45) is 4.70. The Labute approximate surface area is 146 Å². The van der Waals surface area contributed by atoms with Gasteiger partial charge in [0.25, 0.3) is 0 Å². The van der Waals surface area contributed by atoms with Crippen LogP contribution in [0.2, 0.25) is 5.02 Å². The van der Waals surface area contributed by atoms with E-state index in [0.29, 0.717) is 10.8 Å². The highest BCUT2D eigenvalue weighted by Crippen LogP contribution is 2.11. The normalized spacial score (nSPS) is 10.5. The molecular weight excluding hydrogens is 386 g/mol. The summed E-state index contributed by atoms with van der Waals surface area (Å²) in [7, 11) is 0. The minimum Gasteiger partial charge on any atom is -0.317 e. The average Bonchev–Trinajstić information content (AvgIpc) is 2.49. The lowest BCUT2D eigenvalue weighted by Crippen LogP contribution is -2.33. The van der Waals surface area contributed by atoms with Crippen molar-refractivity contribution in [2.45, 2.75) is 0 Å². The zero-order valence-corrected chi connectivity index (χ0v) is 14.4. The SMILES string of the molecule is O=C(C=Cc1ccc(Cl)cc1)NC(=S)Nc1ccc(Br)cn1. The molecule has 0 atom stereocenters. The number of nitrogens with zero attached hydrogens (tertiary/aromatic N) is 1. The maximum Gasteiger partial charge on any atom is 0.250 e. The summed E-state index contributed by atoms with van der Waals surface area (Å²) < 4.78 is 0.860. The molecule has 22 heavy (non-hydrogen) atoms. The molecule has 1 amide bonds. The van der Waals surface area contributed by atoms with Crippen LogP contribution < -0.4 is 10.6 Å². The van der Waals surface area contributed by atoms with Crippen LogP contribution in [0.1, 0.15) is 5.56 Å². The minimum atomic E-state index is -0.329. The minimum absolute atomic E-state index is 0.181. The van der Waals surface area contributed by atoms with Crippen LogP contribution in [0.5, 0.6) is 0 Å². The zero-order chi connectivity index (χ0) is 15.9. The number of amides is 1. The molecule has 112 valence electrons. The van der Waals surface area contributed by atoms with Gasteiger partial charge in [-0.05, 0) is 64.1 Å². The van der Waals surface area contributed by atoms with Crippen LogP contribution in [0.15, 0.2) is 53.1 Å². The van der Waals surface area contributed by atoms with Crippen molar-refractivity contribution >= 4 is 62.7 Å². The molecule has 0 saturated heterocycles. The summed E-state index contributed by atoms with van der Waals surface area (Å²) in [4.78, 5) is 15.9. The molecule has 0 bridgehead atoms. The zero-order valence-electron chi connectivity index (χ0n) is 11.2. The molecule has 0 spiro atoms. The molecule has 2 rings (SSSR count). The second-order valence-corrected chi connectivity index (χ2v) is 5.95. The van der Waals surface area contributed by atoms with Gasteiger partial charge in [0.15, 0.2) is 5.11 Å². The Kier molecular flexibility index (Phi) is 6.06. The Morgan fingerprint density at radius 2 is 1.95 bits per heavy atom. The van der Waals surface area contributed by atoms with Gasteiger partial charge in [-0.15, -0.1) is 0 Å². The summed E-state index contributed by atoms with van der Waals surface area (Å²) in [5, 5.41) is 6.19. The first-order chi connectivity index (χ1) is 10.5. The van der Waals surface area contributed by atoms with Crippen LogP contribution in [0.4, 0.5) is 5.82 Å². The molecule has 0 fully saturated rings. The summed E-state index contributed by atoms with van der Waals surface area (Å²) in [6.45, 7) is 0. The predicted molar refractivity (Wildman–Crippen MR) is 96.8 cm³/mol. The number of halogens is 2. The first kappa shape index (κ1) is 16.6. The van der Waals surface area contributed by atoms with Crippen molar-refractivity contribution < 1.29 is 4.79 Å². The second-order valence-electron chi connectivity index (χ2n) is 4.19. The lowest BCUT2D eigenvalue weighted by molar-refractivity contribution is -0.115. The molecule has 7 heteroatoms. The van der Waals surface area contributed by atoms with Crippen LogP contribution in [0.3, 0.4) is 0 Å². The molecule has 1 aromatic carbocycles. The van der Waals surface area contributed by atoms with Gasteiger partial charge in [0, 0.05) is 21.8 Å². The smallest absolute Gasteiger partial charge is 0.250 e. The van der Waals surface area contributed by atoms with E-state index in [0.717, 1.165) is 10.0 Å². The van der Waals surface area contributed by atoms with E-state index in [1.54, 1.807) is 30.5 Å². The van der Waals surface area contributed by atoms with E-state index in [9.17, 15) is 4.79 Å². The van der Waals surface area contributed by atoms with Gasteiger partial charge in [-0.3, -0.25) is 10.1 Å². The number of hydrogen-bond donors (Lipinski definition) is 2. The highest BCUT2D eigenvalue weighted by molar-refractivity contribution is 9.10. The molecule has 0 aliphatic heterocycles.